The van der Waals surface area contributed by atoms with E-state index in [0.717, 1.165) is 25.0 Å². The number of fused-ring (bicyclic) bond motifs is 1. The number of hydrazone groups is 1. The second kappa shape index (κ2) is 10.6. The van der Waals surface area contributed by atoms with E-state index in [-0.39, 0.29) is 23.7 Å². The van der Waals surface area contributed by atoms with Gasteiger partial charge in [-0.3, -0.25) is 14.7 Å². The fourth-order valence-electron chi connectivity index (χ4n) is 4.38. The molecule has 190 valence electrons. The summed E-state index contributed by atoms with van der Waals surface area (Å²) in [5.41, 5.74) is 0.421. The summed E-state index contributed by atoms with van der Waals surface area (Å²) in [6.45, 7) is 3.53. The minimum atomic E-state index is -4.56. The molecule has 0 radical (unpaired) electrons. The third kappa shape index (κ3) is 5.90. The molecule has 37 heavy (non-hydrogen) atoms. The van der Waals surface area contributed by atoms with Crippen molar-refractivity contribution in [1.82, 2.24) is 15.2 Å². The second-order valence-electron chi connectivity index (χ2n) is 8.88. The number of alkyl halides is 3. The average Bonchev–Trinajstić information content (AvgIpc) is 3.31. The molecule has 7 nitrogen and oxygen atoms in total. The summed E-state index contributed by atoms with van der Waals surface area (Å²) in [6.07, 6.45) is 0.798. The molecule has 2 N–H and O–H groups in total. The van der Waals surface area contributed by atoms with Crippen LogP contribution in [-0.4, -0.2) is 66.6 Å². The van der Waals surface area contributed by atoms with Crippen LogP contribution >= 0.6 is 0 Å². The van der Waals surface area contributed by atoms with Gasteiger partial charge in [0.05, 0.1) is 12.1 Å². The second-order valence-corrected chi connectivity index (χ2v) is 8.88. The number of hydrogen-bond donors (Lipinski definition) is 2. The summed E-state index contributed by atoms with van der Waals surface area (Å²) in [5.74, 6) is 6.36. The van der Waals surface area contributed by atoms with Crippen molar-refractivity contribution in [3.63, 3.8) is 0 Å². The first kappa shape index (κ1) is 24.7. The zero-order chi connectivity index (χ0) is 25.8. The highest BCUT2D eigenvalue weighted by molar-refractivity contribution is 6.04. The van der Waals surface area contributed by atoms with Gasteiger partial charge >= 0.3 is 6.18 Å². The van der Waals surface area contributed by atoms with Crippen molar-refractivity contribution in [2.45, 2.75) is 18.8 Å². The Morgan fingerprint density at radius 2 is 2.00 bits per heavy atom. The number of carbonyl (C=O) groups is 1. The molecule has 0 bridgehead atoms. The summed E-state index contributed by atoms with van der Waals surface area (Å²) < 4.78 is 41.5. The molecular formula is C27H25F3N6O. The molecule has 1 fully saturated rings. The Kier molecular flexibility index (Phi) is 7.08. The van der Waals surface area contributed by atoms with E-state index in [4.69, 9.17) is 0 Å². The van der Waals surface area contributed by atoms with Gasteiger partial charge in [-0.2, -0.15) is 18.3 Å². The first-order valence-electron chi connectivity index (χ1n) is 12.0. The van der Waals surface area contributed by atoms with Gasteiger partial charge in [0.25, 0.3) is 5.91 Å². The summed E-state index contributed by atoms with van der Waals surface area (Å²) in [4.78, 5) is 19.2. The van der Waals surface area contributed by atoms with Crippen LogP contribution in [0.4, 0.5) is 18.9 Å². The highest BCUT2D eigenvalue weighted by atomic mass is 19.4. The molecule has 0 spiro atoms. The molecule has 5 rings (SSSR count). The molecule has 3 aliphatic rings. The molecule has 1 unspecified atom stereocenters. The molecule has 0 saturated carbocycles. The molecule has 3 aliphatic heterocycles. The van der Waals surface area contributed by atoms with E-state index < -0.39 is 17.6 Å². The van der Waals surface area contributed by atoms with Crippen LogP contribution in [0.5, 0.6) is 0 Å². The quantitative estimate of drug-likeness (QED) is 0.624. The number of amides is 1. The third-order valence-electron chi connectivity index (χ3n) is 6.26. The molecule has 1 amide bonds. The normalized spacial score (nSPS) is 19.2. The lowest BCUT2D eigenvalue weighted by molar-refractivity contribution is -0.138. The molecular weight excluding hydrogens is 481 g/mol. The molecule has 10 heteroatoms. The van der Waals surface area contributed by atoms with Gasteiger partial charge in [-0.05, 0) is 48.0 Å². The molecule has 2 aromatic rings. The molecule has 0 aromatic heterocycles. The predicted octanol–water partition coefficient (Wildman–Crippen LogP) is 3.35. The SMILES string of the molecule is O=C(Nc1cccc(C#CC2CN=C3C=CC=NN32)c1)c1ccc(CN2CCNCC2)c(C(F)(F)F)c1. The minimum absolute atomic E-state index is 0.0560. The number of carbonyl (C=O) groups excluding carboxylic acids is 1. The van der Waals surface area contributed by atoms with E-state index in [1.807, 2.05) is 17.1 Å². The van der Waals surface area contributed by atoms with Gasteiger partial charge in [-0.25, -0.2) is 5.01 Å². The van der Waals surface area contributed by atoms with Gasteiger partial charge in [-0.1, -0.05) is 24.0 Å². The fourth-order valence-corrected chi connectivity index (χ4v) is 4.38. The lowest BCUT2D eigenvalue weighted by atomic mass is 10.0. The van der Waals surface area contributed by atoms with Gasteiger partial charge in [0.2, 0.25) is 0 Å². The van der Waals surface area contributed by atoms with E-state index in [0.29, 0.717) is 30.9 Å². The zero-order valence-corrected chi connectivity index (χ0v) is 19.9. The Bertz CT molecular complexity index is 1330. The van der Waals surface area contributed by atoms with Crippen molar-refractivity contribution in [1.29, 1.82) is 0 Å². The van der Waals surface area contributed by atoms with Gasteiger partial charge in [0, 0.05) is 55.8 Å². The van der Waals surface area contributed by atoms with E-state index in [1.165, 1.54) is 12.1 Å². The first-order chi connectivity index (χ1) is 17.9. The molecule has 1 atom stereocenters. The van der Waals surface area contributed by atoms with Crippen molar-refractivity contribution >= 4 is 23.6 Å². The van der Waals surface area contributed by atoms with Crippen LogP contribution < -0.4 is 10.6 Å². The zero-order valence-electron chi connectivity index (χ0n) is 19.9. The maximum Gasteiger partial charge on any atom is 0.416 e. The Balaban J connectivity index is 1.29. The van der Waals surface area contributed by atoms with Gasteiger partial charge in [-0.15, -0.1) is 0 Å². The number of nitrogens with zero attached hydrogens (tertiary/aromatic N) is 4. The first-order valence-corrected chi connectivity index (χ1v) is 12.0. The van der Waals surface area contributed by atoms with Crippen molar-refractivity contribution < 1.29 is 18.0 Å². The van der Waals surface area contributed by atoms with Crippen molar-refractivity contribution in [3.05, 3.63) is 76.9 Å². The number of nitrogens with one attached hydrogen (secondary N) is 2. The van der Waals surface area contributed by atoms with Gasteiger partial charge in [0.15, 0.2) is 0 Å². The molecule has 1 saturated heterocycles. The Morgan fingerprint density at radius 3 is 2.81 bits per heavy atom. The number of halogens is 3. The van der Waals surface area contributed by atoms with E-state index >= 15 is 0 Å². The molecule has 2 aromatic carbocycles. The van der Waals surface area contributed by atoms with Crippen molar-refractivity contribution in [3.8, 4) is 11.8 Å². The standard InChI is InChI=1S/C27H25F3N6O/c28-27(29,30)24-16-20(7-8-21(24)18-35-13-11-31-12-14-35)26(37)34-22-4-1-3-19(15-22)6-9-23-17-32-25-5-2-10-33-36(23)25/h1-5,7-8,10,15-16,23,31H,11-14,17-18H2,(H,34,37). The summed E-state index contributed by atoms with van der Waals surface area (Å²) in [5, 5.41) is 11.9. The Morgan fingerprint density at radius 1 is 1.16 bits per heavy atom. The fraction of sp³-hybridized carbons (Fsp3) is 0.296. The topological polar surface area (TPSA) is 72.3 Å². The Hall–Kier alpha value is -3.94. The average molecular weight is 507 g/mol. The third-order valence-corrected chi connectivity index (χ3v) is 6.26. The van der Waals surface area contributed by atoms with E-state index in [2.05, 4.69) is 32.6 Å². The lowest BCUT2D eigenvalue weighted by Crippen LogP contribution is -2.43. The van der Waals surface area contributed by atoms with Gasteiger partial charge in [0.1, 0.15) is 11.9 Å². The molecule has 3 heterocycles. The number of hydrogen-bond acceptors (Lipinski definition) is 6. The highest BCUT2D eigenvalue weighted by Crippen LogP contribution is 2.33. The number of anilines is 1. The van der Waals surface area contributed by atoms with Crippen LogP contribution in [-0.2, 0) is 12.7 Å². The van der Waals surface area contributed by atoms with Crippen LogP contribution in [0.15, 0.2) is 64.7 Å². The number of aliphatic imine (C=N–C) groups is 1. The largest absolute Gasteiger partial charge is 0.416 e. The van der Waals surface area contributed by atoms with Gasteiger partial charge < -0.3 is 10.6 Å². The monoisotopic (exact) mass is 506 g/mol. The summed E-state index contributed by atoms with van der Waals surface area (Å²) in [7, 11) is 0. The van der Waals surface area contributed by atoms with Crippen LogP contribution in [0.1, 0.15) is 27.0 Å². The Labute approximate surface area is 212 Å². The maximum atomic E-state index is 13.8. The van der Waals surface area contributed by atoms with Crippen LogP contribution in [0.2, 0.25) is 0 Å². The predicted molar refractivity (Wildman–Crippen MR) is 136 cm³/mol. The summed E-state index contributed by atoms with van der Waals surface area (Å²) >= 11 is 0. The smallest absolute Gasteiger partial charge is 0.322 e. The van der Waals surface area contributed by atoms with Crippen molar-refractivity contribution in [2.24, 2.45) is 10.1 Å². The minimum Gasteiger partial charge on any atom is -0.322 e. The number of amidine groups is 1. The molecule has 0 aliphatic carbocycles. The number of rotatable bonds is 4. The van der Waals surface area contributed by atoms with E-state index in [9.17, 15) is 18.0 Å². The van der Waals surface area contributed by atoms with Crippen LogP contribution in [0, 0.1) is 11.8 Å². The number of benzene rings is 2. The number of piperazine rings is 1. The summed E-state index contributed by atoms with van der Waals surface area (Å²) in [6, 6.07) is 10.5. The maximum absolute atomic E-state index is 13.8. The van der Waals surface area contributed by atoms with Crippen LogP contribution in [0.25, 0.3) is 0 Å². The van der Waals surface area contributed by atoms with Crippen molar-refractivity contribution in [2.75, 3.05) is 38.0 Å². The lowest BCUT2D eigenvalue weighted by Gasteiger charge is -2.28. The number of allylic oxidation sites excluding steroid dienone is 1. The van der Waals surface area contributed by atoms with E-state index in [1.54, 1.807) is 35.5 Å². The van der Waals surface area contributed by atoms with Crippen LogP contribution in [0.3, 0.4) is 0 Å². The highest BCUT2D eigenvalue weighted by Gasteiger charge is 2.34.